The number of nitrogens with one attached hydrogen (secondary N) is 2. The highest BCUT2D eigenvalue weighted by atomic mass is 16.3. The molecule has 1 fully saturated rings. The highest BCUT2D eigenvalue weighted by Gasteiger charge is 2.30. The molecule has 3 rings (SSSR count). The smallest absolute Gasteiger partial charge is 0.328 e. The average Bonchev–Trinajstić information content (AvgIpc) is 2.63. The standard InChI is InChI=1S/C21H24N4O4/c1-21(2,3)15-10-14(25-17(26)8-9-23-20(25)29)11-16(18(15)27)24-19(28)12-4-6-13(22)7-5-12/h4-7,10-11,27H,8-9,22H2,1-3H3,(H,23,29)(H,24,28). The average molecular weight is 396 g/mol. The molecule has 29 heavy (non-hydrogen) atoms. The van der Waals surface area contributed by atoms with E-state index in [0.29, 0.717) is 16.8 Å². The topological polar surface area (TPSA) is 125 Å². The maximum absolute atomic E-state index is 12.6. The third kappa shape index (κ3) is 4.16. The lowest BCUT2D eigenvalue weighted by Crippen LogP contribution is -2.50. The van der Waals surface area contributed by atoms with Crippen LogP contribution in [-0.2, 0) is 10.2 Å². The summed E-state index contributed by atoms with van der Waals surface area (Å²) in [5.41, 5.74) is 6.91. The van der Waals surface area contributed by atoms with Gasteiger partial charge in [-0.25, -0.2) is 9.69 Å². The predicted octanol–water partition coefficient (Wildman–Crippen LogP) is 2.97. The van der Waals surface area contributed by atoms with Gasteiger partial charge in [0.25, 0.3) is 5.91 Å². The van der Waals surface area contributed by atoms with Crippen LogP contribution in [-0.4, -0.2) is 29.5 Å². The number of rotatable bonds is 3. The minimum Gasteiger partial charge on any atom is -0.505 e. The lowest BCUT2D eigenvalue weighted by atomic mass is 9.85. The van der Waals surface area contributed by atoms with Gasteiger partial charge in [-0.3, -0.25) is 9.59 Å². The first-order chi connectivity index (χ1) is 13.6. The number of anilines is 3. The van der Waals surface area contributed by atoms with E-state index in [9.17, 15) is 19.5 Å². The Bertz CT molecular complexity index is 961. The fourth-order valence-electron chi connectivity index (χ4n) is 3.09. The molecule has 0 saturated carbocycles. The number of carbonyl (C=O) groups excluding carboxylic acids is 3. The van der Waals surface area contributed by atoms with Gasteiger partial charge in [0.15, 0.2) is 0 Å². The van der Waals surface area contributed by atoms with E-state index in [-0.39, 0.29) is 36.0 Å². The molecule has 0 unspecified atom stereocenters. The van der Waals surface area contributed by atoms with Crippen LogP contribution in [0.4, 0.5) is 21.9 Å². The predicted molar refractivity (Wildman–Crippen MR) is 111 cm³/mol. The Kier molecular flexibility index (Phi) is 5.19. The van der Waals surface area contributed by atoms with Crippen molar-refractivity contribution in [3.8, 4) is 5.75 Å². The molecular weight excluding hydrogens is 372 g/mol. The summed E-state index contributed by atoms with van der Waals surface area (Å²) in [5.74, 6) is -0.920. The van der Waals surface area contributed by atoms with Crippen LogP contribution >= 0.6 is 0 Å². The second kappa shape index (κ2) is 7.46. The van der Waals surface area contributed by atoms with E-state index in [2.05, 4.69) is 10.6 Å². The van der Waals surface area contributed by atoms with Crippen LogP contribution in [0.5, 0.6) is 5.75 Å². The summed E-state index contributed by atoms with van der Waals surface area (Å²) in [6, 6.07) is 8.81. The summed E-state index contributed by atoms with van der Waals surface area (Å²) in [6.07, 6.45) is 0.171. The highest BCUT2D eigenvalue weighted by molar-refractivity contribution is 6.16. The van der Waals surface area contributed by atoms with Crippen molar-refractivity contribution in [2.24, 2.45) is 0 Å². The quantitative estimate of drug-likeness (QED) is 0.469. The Hall–Kier alpha value is -3.55. The van der Waals surface area contributed by atoms with Gasteiger partial charge >= 0.3 is 6.03 Å². The Morgan fingerprint density at radius 1 is 1.17 bits per heavy atom. The lowest BCUT2D eigenvalue weighted by Gasteiger charge is -2.29. The number of hydrogen-bond donors (Lipinski definition) is 4. The first-order valence-corrected chi connectivity index (χ1v) is 9.23. The molecule has 0 atom stereocenters. The van der Waals surface area contributed by atoms with Gasteiger partial charge in [-0.2, -0.15) is 0 Å². The number of aromatic hydroxyl groups is 1. The maximum Gasteiger partial charge on any atom is 0.328 e. The van der Waals surface area contributed by atoms with Crippen LogP contribution in [0.2, 0.25) is 0 Å². The SMILES string of the molecule is CC(C)(C)c1cc(N2C(=O)CCNC2=O)cc(NC(=O)c2ccc(N)cc2)c1O. The number of imide groups is 1. The molecule has 0 radical (unpaired) electrons. The lowest BCUT2D eigenvalue weighted by molar-refractivity contribution is -0.118. The van der Waals surface area contributed by atoms with Gasteiger partial charge in [0.2, 0.25) is 5.91 Å². The molecule has 2 aromatic carbocycles. The van der Waals surface area contributed by atoms with Gasteiger partial charge in [-0.15, -0.1) is 0 Å². The Balaban J connectivity index is 2.05. The molecule has 0 aliphatic carbocycles. The molecule has 4 amide bonds. The molecule has 0 bridgehead atoms. The monoisotopic (exact) mass is 396 g/mol. The molecule has 0 spiro atoms. The summed E-state index contributed by atoms with van der Waals surface area (Å²) in [4.78, 5) is 38.3. The van der Waals surface area contributed by atoms with E-state index in [1.54, 1.807) is 30.3 Å². The second-order valence-electron chi connectivity index (χ2n) is 7.93. The molecule has 8 heteroatoms. The third-order valence-corrected chi connectivity index (χ3v) is 4.65. The van der Waals surface area contributed by atoms with Crippen molar-refractivity contribution in [1.82, 2.24) is 5.32 Å². The molecular formula is C21H24N4O4. The summed E-state index contributed by atoms with van der Waals surface area (Å²) in [5, 5.41) is 16.1. The van der Waals surface area contributed by atoms with E-state index in [1.165, 1.54) is 6.07 Å². The van der Waals surface area contributed by atoms with Crippen molar-refractivity contribution >= 4 is 34.9 Å². The van der Waals surface area contributed by atoms with Crippen LogP contribution in [0.3, 0.4) is 0 Å². The third-order valence-electron chi connectivity index (χ3n) is 4.65. The number of amides is 4. The van der Waals surface area contributed by atoms with Crippen molar-refractivity contribution in [3.05, 3.63) is 47.5 Å². The zero-order valence-corrected chi connectivity index (χ0v) is 16.6. The van der Waals surface area contributed by atoms with Crippen molar-refractivity contribution in [2.75, 3.05) is 22.5 Å². The largest absolute Gasteiger partial charge is 0.505 e. The van der Waals surface area contributed by atoms with Crippen LogP contribution < -0.4 is 21.3 Å². The van der Waals surface area contributed by atoms with Gasteiger partial charge in [0, 0.05) is 29.8 Å². The van der Waals surface area contributed by atoms with Gasteiger partial charge in [0.1, 0.15) is 5.75 Å². The Morgan fingerprint density at radius 3 is 2.41 bits per heavy atom. The minimum atomic E-state index is -0.539. The number of carbonyl (C=O) groups is 3. The number of benzene rings is 2. The minimum absolute atomic E-state index is 0.112. The summed E-state index contributed by atoms with van der Waals surface area (Å²) >= 11 is 0. The van der Waals surface area contributed by atoms with Gasteiger partial charge in [-0.1, -0.05) is 20.8 Å². The number of hydrogen-bond acceptors (Lipinski definition) is 5. The first-order valence-electron chi connectivity index (χ1n) is 9.23. The van der Waals surface area contributed by atoms with E-state index in [1.807, 2.05) is 20.8 Å². The van der Waals surface area contributed by atoms with Crippen LogP contribution in [0.1, 0.15) is 43.1 Å². The number of urea groups is 1. The molecule has 0 aromatic heterocycles. The summed E-state index contributed by atoms with van der Waals surface area (Å²) in [7, 11) is 0. The van der Waals surface area contributed by atoms with E-state index >= 15 is 0 Å². The molecule has 5 N–H and O–H groups in total. The van der Waals surface area contributed by atoms with Gasteiger partial charge in [0.05, 0.1) is 11.4 Å². The van der Waals surface area contributed by atoms with Crippen molar-refractivity contribution in [2.45, 2.75) is 32.6 Å². The molecule has 2 aromatic rings. The highest BCUT2D eigenvalue weighted by Crippen LogP contribution is 2.40. The van der Waals surface area contributed by atoms with Gasteiger partial charge in [-0.05, 0) is 41.8 Å². The Morgan fingerprint density at radius 2 is 1.83 bits per heavy atom. The van der Waals surface area contributed by atoms with Crippen LogP contribution in [0.15, 0.2) is 36.4 Å². The summed E-state index contributed by atoms with van der Waals surface area (Å²) in [6.45, 7) is 5.93. The zero-order chi connectivity index (χ0) is 21.3. The fraction of sp³-hybridized carbons (Fsp3) is 0.286. The molecule has 1 aliphatic heterocycles. The second-order valence-corrected chi connectivity index (χ2v) is 7.93. The summed E-state index contributed by atoms with van der Waals surface area (Å²) < 4.78 is 0. The first kappa shape index (κ1) is 20.2. The van der Waals surface area contributed by atoms with E-state index in [0.717, 1.165) is 4.90 Å². The number of nitrogen functional groups attached to an aromatic ring is 1. The van der Waals surface area contributed by atoms with Crippen molar-refractivity contribution < 1.29 is 19.5 Å². The van der Waals surface area contributed by atoms with E-state index in [4.69, 9.17) is 5.73 Å². The van der Waals surface area contributed by atoms with Crippen molar-refractivity contribution in [1.29, 1.82) is 0 Å². The number of nitrogens with two attached hydrogens (primary N) is 1. The van der Waals surface area contributed by atoms with Crippen molar-refractivity contribution in [3.63, 3.8) is 0 Å². The van der Waals surface area contributed by atoms with Gasteiger partial charge < -0.3 is 21.5 Å². The van der Waals surface area contributed by atoms with Crippen LogP contribution in [0, 0.1) is 0 Å². The maximum atomic E-state index is 12.6. The zero-order valence-electron chi connectivity index (χ0n) is 16.6. The number of phenols is 1. The van der Waals surface area contributed by atoms with E-state index < -0.39 is 17.4 Å². The molecule has 152 valence electrons. The van der Waals surface area contributed by atoms with Crippen LogP contribution in [0.25, 0.3) is 0 Å². The fourth-order valence-corrected chi connectivity index (χ4v) is 3.09. The molecule has 1 saturated heterocycles. The molecule has 1 aliphatic rings. The molecule has 1 heterocycles. The number of phenolic OH excluding ortho intramolecular Hbond substituents is 1. The molecule has 8 nitrogen and oxygen atoms in total. The Labute approximate surface area is 168 Å². The number of nitrogens with zero attached hydrogens (tertiary/aromatic N) is 1. The normalized spacial score (nSPS) is 14.5.